The Morgan fingerprint density at radius 2 is 2.56 bits per heavy atom. The summed E-state index contributed by atoms with van der Waals surface area (Å²) < 4.78 is 1.43. The number of anilines is 1. The zero-order valence-corrected chi connectivity index (χ0v) is 5.03. The van der Waals surface area contributed by atoms with Crippen molar-refractivity contribution in [1.29, 1.82) is 0 Å². The van der Waals surface area contributed by atoms with E-state index >= 15 is 0 Å². The average molecular weight is 125 g/mol. The van der Waals surface area contributed by atoms with E-state index in [9.17, 15) is 4.79 Å². The summed E-state index contributed by atoms with van der Waals surface area (Å²) in [4.78, 5) is 10.1. The molecule has 0 unspecified atom stereocenters. The van der Waals surface area contributed by atoms with Gasteiger partial charge >= 0.3 is 0 Å². The quantitative estimate of drug-likeness (QED) is 0.529. The van der Waals surface area contributed by atoms with Gasteiger partial charge in [0.15, 0.2) is 6.29 Å². The number of aromatic nitrogens is 2. The van der Waals surface area contributed by atoms with Crippen molar-refractivity contribution in [2.45, 2.75) is 0 Å². The number of hydrogen-bond donors (Lipinski definition) is 1. The Morgan fingerprint density at radius 1 is 1.89 bits per heavy atom. The molecule has 0 saturated carbocycles. The molecule has 1 aromatic rings. The van der Waals surface area contributed by atoms with Gasteiger partial charge in [-0.1, -0.05) is 0 Å². The van der Waals surface area contributed by atoms with Crippen molar-refractivity contribution in [3.05, 3.63) is 11.8 Å². The van der Waals surface area contributed by atoms with Crippen LogP contribution in [0.1, 0.15) is 10.5 Å². The molecule has 0 saturated heterocycles. The van der Waals surface area contributed by atoms with Crippen molar-refractivity contribution in [2.24, 2.45) is 7.05 Å². The minimum Gasteiger partial charge on any atom is -0.382 e. The second-order valence-corrected chi connectivity index (χ2v) is 1.74. The summed E-state index contributed by atoms with van der Waals surface area (Å²) in [5, 5.41) is 3.75. The third-order valence-corrected chi connectivity index (χ3v) is 1.06. The number of rotatable bonds is 1. The van der Waals surface area contributed by atoms with Crippen LogP contribution in [0.3, 0.4) is 0 Å². The normalized spacial score (nSPS) is 9.44. The van der Waals surface area contributed by atoms with E-state index in [1.165, 1.54) is 10.7 Å². The minimum absolute atomic E-state index is 0.375. The van der Waals surface area contributed by atoms with Crippen LogP contribution in [0.4, 0.5) is 5.82 Å². The minimum atomic E-state index is 0.375. The smallest absolute Gasteiger partial charge is 0.168 e. The van der Waals surface area contributed by atoms with Crippen molar-refractivity contribution in [2.75, 3.05) is 5.73 Å². The number of nitrogen functional groups attached to an aromatic ring is 1. The number of hydrogen-bond acceptors (Lipinski definition) is 3. The number of nitrogens with zero attached hydrogens (tertiary/aromatic N) is 2. The summed E-state index contributed by atoms with van der Waals surface area (Å²) >= 11 is 0. The number of aldehydes is 1. The van der Waals surface area contributed by atoms with Gasteiger partial charge in [-0.05, 0) is 0 Å². The maximum absolute atomic E-state index is 10.1. The Morgan fingerprint density at radius 3 is 2.78 bits per heavy atom. The largest absolute Gasteiger partial charge is 0.382 e. The molecular weight excluding hydrogens is 118 g/mol. The Hall–Kier alpha value is -1.32. The van der Waals surface area contributed by atoms with Crippen LogP contribution < -0.4 is 5.73 Å². The summed E-state index contributed by atoms with van der Waals surface area (Å²) in [6, 6.07) is 1.52. The molecule has 1 heterocycles. The maximum atomic E-state index is 10.1. The van der Waals surface area contributed by atoms with Crippen LogP contribution in [0, 0.1) is 0 Å². The molecule has 4 nitrogen and oxygen atoms in total. The predicted molar refractivity (Wildman–Crippen MR) is 33.0 cm³/mol. The van der Waals surface area contributed by atoms with E-state index in [0.29, 0.717) is 17.8 Å². The van der Waals surface area contributed by atoms with E-state index in [1.54, 1.807) is 7.05 Å². The van der Waals surface area contributed by atoms with Crippen LogP contribution in [0.25, 0.3) is 0 Å². The predicted octanol–water partition coefficient (Wildman–Crippen LogP) is -0.185. The topological polar surface area (TPSA) is 60.9 Å². The highest BCUT2D eigenvalue weighted by Crippen LogP contribution is 1.99. The molecule has 0 radical (unpaired) electrons. The van der Waals surface area contributed by atoms with Crippen molar-refractivity contribution in [3.63, 3.8) is 0 Å². The average Bonchev–Trinajstić information content (AvgIpc) is 2.10. The first kappa shape index (κ1) is 5.81. The van der Waals surface area contributed by atoms with E-state index < -0.39 is 0 Å². The van der Waals surface area contributed by atoms with Crippen LogP contribution in [0.2, 0.25) is 0 Å². The summed E-state index contributed by atoms with van der Waals surface area (Å²) in [7, 11) is 1.67. The molecule has 0 atom stereocenters. The summed E-state index contributed by atoms with van der Waals surface area (Å²) in [6.07, 6.45) is 0.712. The zero-order chi connectivity index (χ0) is 6.85. The van der Waals surface area contributed by atoms with Gasteiger partial charge in [0.2, 0.25) is 0 Å². The Kier molecular flexibility index (Phi) is 1.22. The van der Waals surface area contributed by atoms with Crippen LogP contribution in [0.15, 0.2) is 6.07 Å². The molecule has 0 aliphatic rings. The maximum Gasteiger partial charge on any atom is 0.168 e. The SMILES string of the molecule is Cn1nc(N)cc1C=O. The monoisotopic (exact) mass is 125 g/mol. The zero-order valence-electron chi connectivity index (χ0n) is 5.03. The summed E-state index contributed by atoms with van der Waals surface area (Å²) in [6.45, 7) is 0. The highest BCUT2D eigenvalue weighted by Gasteiger charge is 1.97. The van der Waals surface area contributed by atoms with Crippen molar-refractivity contribution in [1.82, 2.24) is 9.78 Å². The molecular formula is C5H7N3O. The third kappa shape index (κ3) is 0.910. The van der Waals surface area contributed by atoms with Gasteiger partial charge in [0.25, 0.3) is 0 Å². The first-order chi connectivity index (χ1) is 4.24. The molecule has 0 amide bonds. The lowest BCUT2D eigenvalue weighted by molar-refractivity contribution is 0.111. The standard InChI is InChI=1S/C5H7N3O/c1-8-4(3-9)2-5(6)7-8/h2-3H,1H3,(H2,6,7). The fourth-order valence-electron chi connectivity index (χ4n) is 0.615. The number of carbonyl (C=O) groups excluding carboxylic acids is 1. The molecule has 9 heavy (non-hydrogen) atoms. The highest BCUT2D eigenvalue weighted by molar-refractivity contribution is 5.73. The molecule has 2 N–H and O–H groups in total. The van der Waals surface area contributed by atoms with Crippen LogP contribution in [0.5, 0.6) is 0 Å². The van der Waals surface area contributed by atoms with E-state index in [-0.39, 0.29) is 0 Å². The molecule has 1 rings (SSSR count). The summed E-state index contributed by atoms with van der Waals surface area (Å²) in [5.74, 6) is 0.375. The Bertz CT molecular complexity index is 228. The van der Waals surface area contributed by atoms with E-state index in [1.807, 2.05) is 0 Å². The second kappa shape index (κ2) is 1.89. The molecule has 4 heteroatoms. The molecule has 1 aromatic heterocycles. The third-order valence-electron chi connectivity index (χ3n) is 1.06. The van der Waals surface area contributed by atoms with Gasteiger partial charge in [-0.3, -0.25) is 9.48 Å². The second-order valence-electron chi connectivity index (χ2n) is 1.74. The molecule has 0 aliphatic carbocycles. The van der Waals surface area contributed by atoms with Crippen molar-refractivity contribution in [3.8, 4) is 0 Å². The fraction of sp³-hybridized carbons (Fsp3) is 0.200. The van der Waals surface area contributed by atoms with Gasteiger partial charge in [0.05, 0.1) is 0 Å². The van der Waals surface area contributed by atoms with Crippen molar-refractivity contribution < 1.29 is 4.79 Å². The van der Waals surface area contributed by atoms with Gasteiger partial charge in [-0.25, -0.2) is 0 Å². The van der Waals surface area contributed by atoms with Gasteiger partial charge < -0.3 is 5.73 Å². The highest BCUT2D eigenvalue weighted by atomic mass is 16.1. The molecule has 0 spiro atoms. The van der Waals surface area contributed by atoms with Gasteiger partial charge in [-0.2, -0.15) is 5.10 Å². The number of aryl methyl sites for hydroxylation is 1. The first-order valence-corrected chi connectivity index (χ1v) is 2.48. The summed E-state index contributed by atoms with van der Waals surface area (Å²) in [5.41, 5.74) is 5.76. The molecule has 0 aliphatic heterocycles. The fourth-order valence-corrected chi connectivity index (χ4v) is 0.615. The van der Waals surface area contributed by atoms with E-state index in [0.717, 1.165) is 0 Å². The molecule has 0 fully saturated rings. The first-order valence-electron chi connectivity index (χ1n) is 2.48. The van der Waals surface area contributed by atoms with E-state index in [4.69, 9.17) is 5.73 Å². The number of nitrogens with two attached hydrogens (primary N) is 1. The van der Waals surface area contributed by atoms with E-state index in [2.05, 4.69) is 5.10 Å². The van der Waals surface area contributed by atoms with Crippen LogP contribution >= 0.6 is 0 Å². The lowest BCUT2D eigenvalue weighted by atomic mass is 10.5. The Labute approximate surface area is 52.3 Å². The lowest BCUT2D eigenvalue weighted by Crippen LogP contribution is -1.96. The van der Waals surface area contributed by atoms with Crippen LogP contribution in [-0.4, -0.2) is 16.1 Å². The molecule has 48 valence electrons. The van der Waals surface area contributed by atoms with Gasteiger partial charge in [-0.15, -0.1) is 0 Å². The van der Waals surface area contributed by atoms with Crippen molar-refractivity contribution >= 4 is 12.1 Å². The molecule has 0 bridgehead atoms. The van der Waals surface area contributed by atoms with Gasteiger partial charge in [0, 0.05) is 13.1 Å². The molecule has 0 aromatic carbocycles. The van der Waals surface area contributed by atoms with Gasteiger partial charge in [0.1, 0.15) is 11.5 Å². The Balaban J connectivity index is 3.15. The van der Waals surface area contributed by atoms with Crippen LogP contribution in [-0.2, 0) is 7.05 Å². The lowest BCUT2D eigenvalue weighted by Gasteiger charge is -1.86. The number of carbonyl (C=O) groups is 1.